The molecule has 8 aromatic carbocycles. The Labute approximate surface area is 492 Å². The summed E-state index contributed by atoms with van der Waals surface area (Å²) in [5, 5.41) is 3.48. The fourth-order valence-electron chi connectivity index (χ4n) is 9.88. The van der Waals surface area contributed by atoms with Gasteiger partial charge in [0.1, 0.15) is 5.58 Å². The van der Waals surface area contributed by atoms with Crippen molar-refractivity contribution in [2.75, 3.05) is 0 Å². The quantitative estimate of drug-likeness (QED) is 0.101. The average molecular weight is 1320 g/mol. The van der Waals surface area contributed by atoms with E-state index in [4.69, 9.17) is 9.40 Å². The normalized spacial score (nSPS) is 11.6. The van der Waals surface area contributed by atoms with Crippen LogP contribution in [0.2, 0.25) is 36.9 Å². The van der Waals surface area contributed by atoms with Gasteiger partial charge in [-0.1, -0.05) is 155 Å². The predicted molar refractivity (Wildman–Crippen MR) is 335 cm³/mol. The maximum Gasteiger partial charge on any atom is 3.00 e. The number of rotatable bonds is 10. The minimum Gasteiger partial charge on any atom is 3.00 e. The molecule has 0 unspecified atom stereocenters. The summed E-state index contributed by atoms with van der Waals surface area (Å²) in [4.78, 5) is 14.2. The molecule has 0 spiro atoms. The molecule has 0 saturated heterocycles. The van der Waals surface area contributed by atoms with Gasteiger partial charge in [-0.3, -0.25) is 9.37 Å². The van der Waals surface area contributed by atoms with Crippen molar-refractivity contribution in [2.45, 2.75) is 76.4 Å². The molecule has 0 amide bonds. The van der Waals surface area contributed by atoms with E-state index in [-0.39, 0.29) is 43.6 Å². The fraction of sp³-hybridized carbons (Fsp3) is 0.169. The second-order valence-electron chi connectivity index (χ2n) is 22.9. The first kappa shape index (κ1) is 58.3. The number of furan rings is 1. The summed E-state index contributed by atoms with van der Waals surface area (Å²) in [5.41, 5.74) is 16.4. The van der Waals surface area contributed by atoms with Gasteiger partial charge in [0.15, 0.2) is 0 Å². The molecule has 0 atom stereocenters. The van der Waals surface area contributed by atoms with E-state index in [1.54, 1.807) is 12.1 Å². The molecule has 10 heteroatoms. The first-order valence-electron chi connectivity index (χ1n) is 27.3. The summed E-state index contributed by atoms with van der Waals surface area (Å²) in [6.45, 7) is 16.0. The molecule has 0 aliphatic rings. The van der Waals surface area contributed by atoms with Crippen LogP contribution >= 0.6 is 0 Å². The second-order valence-corrected chi connectivity index (χ2v) is 38.6. The summed E-state index contributed by atoms with van der Waals surface area (Å²) >= 11 is -1.79. The molecule has 0 fully saturated rings. The van der Waals surface area contributed by atoms with Gasteiger partial charge in [-0.15, -0.1) is 48.0 Å². The molecule has 0 saturated carbocycles. The van der Waals surface area contributed by atoms with E-state index < -0.39 is 21.3 Å². The summed E-state index contributed by atoms with van der Waals surface area (Å²) < 4.78 is 36.0. The molecule has 0 aliphatic carbocycles. The standard InChI is InChI=1S/C43H35N2O.C14H15FGeN.C14H15FNSi.Ir/c1-27(2)36-24-32(30-16-9-6-10-17-30)25-37(28(3)4)41(36)45-39-21-12-11-20-38(39)44-43(45)35-19-13-18-34-33-23-22-31(26-40(33)46-42(34)35)29-14-7-5-8-15-29;1-16(2,3)13-8-9-14(17-10-13)11-4-6-12(15)7-5-11;1-17(2,3)13-8-9-14(16-10-13)11-4-6-12(15)7-5-11;/h5-18,20-28H,1-4H3;2*4,6-10H,1-3H3;/q3*-1;+3. The maximum absolute atomic E-state index is 12.8. The number of imidazole rings is 1. The number of pyridine rings is 2. The number of nitrogens with zero attached hydrogens (tertiary/aromatic N) is 4. The van der Waals surface area contributed by atoms with Crippen LogP contribution in [-0.4, -0.2) is 40.9 Å². The van der Waals surface area contributed by atoms with Crippen molar-refractivity contribution in [3.8, 4) is 61.8 Å². The topological polar surface area (TPSA) is 56.7 Å². The molecule has 0 N–H and O–H groups in total. The summed E-state index contributed by atoms with van der Waals surface area (Å²) in [6, 6.07) is 71.4. The first-order valence-corrected chi connectivity index (χ1v) is 38.2. The van der Waals surface area contributed by atoms with Gasteiger partial charge in [-0.2, -0.15) is 0 Å². The first-order chi connectivity index (χ1) is 38.4. The van der Waals surface area contributed by atoms with Crippen LogP contribution in [0.1, 0.15) is 50.7 Å². The zero-order chi connectivity index (χ0) is 56.3. The average Bonchev–Trinajstić information content (AvgIpc) is 4.20. The van der Waals surface area contributed by atoms with Gasteiger partial charge < -0.3 is 14.0 Å². The number of hydrogen-bond donors (Lipinski definition) is 0. The van der Waals surface area contributed by atoms with Gasteiger partial charge in [0.25, 0.3) is 0 Å². The van der Waals surface area contributed by atoms with Crippen LogP contribution in [0.25, 0.3) is 94.8 Å². The van der Waals surface area contributed by atoms with Crippen molar-refractivity contribution < 1.29 is 33.3 Å². The fourth-order valence-corrected chi connectivity index (χ4v) is 13.1. The van der Waals surface area contributed by atoms with E-state index in [1.807, 2.05) is 36.7 Å². The third-order valence-electron chi connectivity index (χ3n) is 14.4. The molecule has 81 heavy (non-hydrogen) atoms. The molecule has 4 aromatic heterocycles. The Balaban J connectivity index is 0.000000185. The van der Waals surface area contributed by atoms with E-state index >= 15 is 0 Å². The smallest absolute Gasteiger partial charge is 3.00 e. The summed E-state index contributed by atoms with van der Waals surface area (Å²) in [6.07, 6.45) is 3.88. The Kier molecular flexibility index (Phi) is 17.8. The van der Waals surface area contributed by atoms with Crippen molar-refractivity contribution in [1.82, 2.24) is 19.5 Å². The molecule has 0 aliphatic heterocycles. The van der Waals surface area contributed by atoms with Crippen LogP contribution in [0.5, 0.6) is 0 Å². The monoisotopic (exact) mass is 1320 g/mol. The third kappa shape index (κ3) is 13.0. The van der Waals surface area contributed by atoms with E-state index in [1.165, 1.54) is 67.4 Å². The van der Waals surface area contributed by atoms with E-state index in [0.717, 1.165) is 72.4 Å². The number of aromatic nitrogens is 4. The number of hydrogen-bond acceptors (Lipinski definition) is 4. The molecular formula is C71H65F2GeIrN4OSi. The van der Waals surface area contributed by atoms with E-state index in [0.29, 0.717) is 0 Å². The van der Waals surface area contributed by atoms with Crippen LogP contribution in [0.15, 0.2) is 205 Å². The van der Waals surface area contributed by atoms with Crippen molar-refractivity contribution in [1.29, 1.82) is 0 Å². The SMILES string of the molecule is CC(C)c1cc(-c2ccccc2)cc(C(C)C)c1-n1c(-c2[c-]ccc3c2oc2cc(-c4ccccc4)ccc23)nc2ccccc21.C[Si](C)(C)c1ccc(-c2[c-]cc(F)cc2)nc1.[CH3][Ge]([CH3])([CH3])[c]1ccc(-c2[c-]cc(F)cc2)nc1.[Ir+3]. The summed E-state index contributed by atoms with van der Waals surface area (Å²) in [7, 11) is -1.30. The molecular weight excluding hydrogens is 1260 g/mol. The number of para-hydroxylation sites is 2. The Morgan fingerprint density at radius 1 is 0.556 bits per heavy atom. The van der Waals surface area contributed by atoms with Crippen LogP contribution < -0.4 is 9.58 Å². The minimum atomic E-state index is -1.79. The zero-order valence-corrected chi connectivity index (χ0v) is 53.0. The van der Waals surface area contributed by atoms with E-state index in [9.17, 15) is 8.78 Å². The van der Waals surface area contributed by atoms with Crippen LogP contribution in [0.3, 0.4) is 0 Å². The van der Waals surface area contributed by atoms with Gasteiger partial charge in [-0.05, 0) is 86.4 Å². The van der Waals surface area contributed by atoms with Crippen LogP contribution in [0, 0.1) is 29.8 Å². The van der Waals surface area contributed by atoms with Crippen molar-refractivity contribution in [2.24, 2.45) is 0 Å². The minimum absolute atomic E-state index is 0. The second kappa shape index (κ2) is 24.8. The van der Waals surface area contributed by atoms with Crippen molar-refractivity contribution in [3.63, 3.8) is 0 Å². The number of fused-ring (bicyclic) bond motifs is 4. The number of benzene rings is 8. The van der Waals surface area contributed by atoms with E-state index in [2.05, 4.69) is 225 Å². The van der Waals surface area contributed by atoms with Crippen LogP contribution in [0.4, 0.5) is 8.78 Å². The Hall–Kier alpha value is -7.40. The van der Waals surface area contributed by atoms with Crippen molar-refractivity contribution >= 4 is 63.9 Å². The zero-order valence-electron chi connectivity index (χ0n) is 47.5. The van der Waals surface area contributed by atoms with Gasteiger partial charge in [0, 0.05) is 23.1 Å². The van der Waals surface area contributed by atoms with Gasteiger partial charge in [0.2, 0.25) is 0 Å². The Morgan fingerprint density at radius 2 is 1.12 bits per heavy atom. The largest absolute Gasteiger partial charge is 3.00 e. The predicted octanol–water partition coefficient (Wildman–Crippen LogP) is 18.4. The van der Waals surface area contributed by atoms with Crippen LogP contribution in [-0.2, 0) is 20.1 Å². The molecule has 406 valence electrons. The Bertz CT molecular complexity index is 3950. The Morgan fingerprint density at radius 3 is 1.64 bits per heavy atom. The summed E-state index contributed by atoms with van der Waals surface area (Å²) in [5.74, 6) is 7.87. The maximum atomic E-state index is 12.8. The van der Waals surface area contributed by atoms with Gasteiger partial charge >= 0.3 is 124 Å². The molecule has 12 rings (SSSR count). The van der Waals surface area contributed by atoms with Gasteiger partial charge in [-0.25, -0.2) is 0 Å². The molecule has 4 heterocycles. The third-order valence-corrected chi connectivity index (χ3v) is 20.7. The van der Waals surface area contributed by atoms with Gasteiger partial charge in [0.05, 0.1) is 30.5 Å². The molecule has 0 radical (unpaired) electrons. The molecule has 12 aromatic rings. The van der Waals surface area contributed by atoms with Crippen molar-refractivity contribution in [3.05, 3.63) is 241 Å². The molecule has 0 bridgehead atoms. The molecule has 5 nitrogen and oxygen atoms in total. The number of halogens is 2.